The van der Waals surface area contributed by atoms with Gasteiger partial charge in [-0.25, -0.2) is 4.39 Å². The normalized spacial score (nSPS) is 15.9. The molecule has 0 aliphatic carbocycles. The first-order valence-electron chi connectivity index (χ1n) is 8.02. The third-order valence-electron chi connectivity index (χ3n) is 4.52. The Morgan fingerprint density at radius 1 is 1.04 bits per heavy atom. The molecule has 0 unspecified atom stereocenters. The van der Waals surface area contributed by atoms with Crippen LogP contribution in [0.3, 0.4) is 0 Å². The Balaban J connectivity index is 1.66. The van der Waals surface area contributed by atoms with Crippen molar-refractivity contribution in [1.29, 1.82) is 0 Å². The van der Waals surface area contributed by atoms with Crippen molar-refractivity contribution >= 4 is 17.3 Å². The molecule has 2 nitrogen and oxygen atoms in total. The molecule has 0 atom stereocenters. The van der Waals surface area contributed by atoms with Crippen LogP contribution in [0.15, 0.2) is 36.4 Å². The summed E-state index contributed by atoms with van der Waals surface area (Å²) < 4.78 is 13.9. The molecule has 3 rings (SSSR count). The summed E-state index contributed by atoms with van der Waals surface area (Å²) in [6.45, 7) is 8.59. The molecule has 0 aromatic heterocycles. The fourth-order valence-electron chi connectivity index (χ4n) is 3.11. The first-order valence-corrected chi connectivity index (χ1v) is 8.40. The molecule has 1 aliphatic heterocycles. The maximum Gasteiger partial charge on any atom is 0.129 e. The molecule has 0 radical (unpaired) electrons. The maximum atomic E-state index is 13.9. The molecule has 2 aromatic carbocycles. The van der Waals surface area contributed by atoms with Crippen LogP contribution in [-0.4, -0.2) is 31.1 Å². The van der Waals surface area contributed by atoms with Crippen LogP contribution in [0.1, 0.15) is 16.7 Å². The van der Waals surface area contributed by atoms with Crippen molar-refractivity contribution < 1.29 is 4.39 Å². The van der Waals surface area contributed by atoms with Gasteiger partial charge >= 0.3 is 0 Å². The van der Waals surface area contributed by atoms with Crippen LogP contribution in [-0.2, 0) is 6.54 Å². The van der Waals surface area contributed by atoms with E-state index >= 15 is 0 Å². The first-order chi connectivity index (χ1) is 11.0. The van der Waals surface area contributed by atoms with Crippen molar-refractivity contribution in [3.8, 4) is 0 Å². The second-order valence-corrected chi connectivity index (χ2v) is 6.66. The van der Waals surface area contributed by atoms with Gasteiger partial charge in [-0.05, 0) is 43.2 Å². The number of hydrogen-bond acceptors (Lipinski definition) is 2. The molecule has 1 saturated heterocycles. The van der Waals surface area contributed by atoms with E-state index in [0.29, 0.717) is 17.1 Å². The number of nitrogens with zero attached hydrogens (tertiary/aromatic N) is 2. The summed E-state index contributed by atoms with van der Waals surface area (Å²) in [5.74, 6) is -0.213. The van der Waals surface area contributed by atoms with E-state index in [-0.39, 0.29) is 5.82 Å². The number of anilines is 1. The van der Waals surface area contributed by atoms with E-state index in [1.54, 1.807) is 12.1 Å². The van der Waals surface area contributed by atoms with Gasteiger partial charge in [0.1, 0.15) is 5.82 Å². The molecule has 0 spiro atoms. The van der Waals surface area contributed by atoms with Gasteiger partial charge in [-0.2, -0.15) is 0 Å². The lowest BCUT2D eigenvalue weighted by Gasteiger charge is -2.37. The fraction of sp³-hybridized carbons (Fsp3) is 0.368. The first kappa shape index (κ1) is 16.3. The highest BCUT2D eigenvalue weighted by Crippen LogP contribution is 2.25. The minimum Gasteiger partial charge on any atom is -0.369 e. The van der Waals surface area contributed by atoms with Gasteiger partial charge in [0.15, 0.2) is 0 Å². The van der Waals surface area contributed by atoms with Crippen LogP contribution >= 0.6 is 11.6 Å². The number of benzene rings is 2. The van der Waals surface area contributed by atoms with E-state index in [2.05, 4.69) is 41.8 Å². The molecule has 0 N–H and O–H groups in total. The van der Waals surface area contributed by atoms with Crippen LogP contribution in [0, 0.1) is 19.7 Å². The number of aryl methyl sites for hydroxylation is 2. The molecular weight excluding hydrogens is 311 g/mol. The minimum atomic E-state index is -0.213. The molecule has 0 bridgehead atoms. The second kappa shape index (κ2) is 6.90. The zero-order chi connectivity index (χ0) is 16.4. The minimum absolute atomic E-state index is 0.213. The standard InChI is InChI=1S/C19H22ClFN2/c1-14-6-7-15(2)19(12-14)23-10-8-22(9-11-23)13-16-17(20)4-3-5-18(16)21/h3-7,12H,8-11,13H2,1-2H3. The number of rotatable bonds is 3. The van der Waals surface area contributed by atoms with Gasteiger partial charge in [0.2, 0.25) is 0 Å². The van der Waals surface area contributed by atoms with Crippen molar-refractivity contribution in [3.05, 3.63) is 63.9 Å². The summed E-state index contributed by atoms with van der Waals surface area (Å²) in [6.07, 6.45) is 0. The van der Waals surface area contributed by atoms with E-state index in [0.717, 1.165) is 26.2 Å². The van der Waals surface area contributed by atoms with Crippen LogP contribution in [0.4, 0.5) is 10.1 Å². The lowest BCUT2D eigenvalue weighted by Crippen LogP contribution is -2.46. The van der Waals surface area contributed by atoms with Crippen molar-refractivity contribution in [2.24, 2.45) is 0 Å². The Morgan fingerprint density at radius 3 is 2.48 bits per heavy atom. The Hall–Kier alpha value is -1.58. The molecule has 1 heterocycles. The van der Waals surface area contributed by atoms with Crippen molar-refractivity contribution in [2.45, 2.75) is 20.4 Å². The number of halogens is 2. The van der Waals surface area contributed by atoms with Crippen LogP contribution in [0.5, 0.6) is 0 Å². The fourth-order valence-corrected chi connectivity index (χ4v) is 3.34. The quantitative estimate of drug-likeness (QED) is 0.821. The van der Waals surface area contributed by atoms with Gasteiger partial charge in [-0.3, -0.25) is 4.90 Å². The van der Waals surface area contributed by atoms with Crippen molar-refractivity contribution in [2.75, 3.05) is 31.1 Å². The maximum absolute atomic E-state index is 13.9. The smallest absolute Gasteiger partial charge is 0.129 e. The molecule has 23 heavy (non-hydrogen) atoms. The highest BCUT2D eigenvalue weighted by Gasteiger charge is 2.20. The molecule has 2 aromatic rings. The predicted molar refractivity (Wildman–Crippen MR) is 94.8 cm³/mol. The summed E-state index contributed by atoms with van der Waals surface area (Å²) in [6, 6.07) is 11.5. The van der Waals surface area contributed by atoms with Crippen LogP contribution < -0.4 is 4.90 Å². The predicted octanol–water partition coefficient (Wildman–Crippen LogP) is 4.42. The molecule has 1 fully saturated rings. The Morgan fingerprint density at radius 2 is 1.78 bits per heavy atom. The zero-order valence-electron chi connectivity index (χ0n) is 13.6. The van der Waals surface area contributed by atoms with Gasteiger partial charge in [0.05, 0.1) is 0 Å². The average molecular weight is 333 g/mol. The lowest BCUT2D eigenvalue weighted by atomic mass is 10.1. The average Bonchev–Trinajstić information content (AvgIpc) is 2.54. The summed E-state index contributed by atoms with van der Waals surface area (Å²) in [5.41, 5.74) is 4.51. The topological polar surface area (TPSA) is 6.48 Å². The van der Waals surface area contributed by atoms with Gasteiger partial charge < -0.3 is 4.90 Å². The van der Waals surface area contributed by atoms with E-state index in [1.165, 1.54) is 22.9 Å². The largest absolute Gasteiger partial charge is 0.369 e. The third kappa shape index (κ3) is 3.67. The van der Waals surface area contributed by atoms with E-state index in [1.807, 2.05) is 0 Å². The highest BCUT2D eigenvalue weighted by atomic mass is 35.5. The molecular formula is C19H22ClFN2. The van der Waals surface area contributed by atoms with Gasteiger partial charge in [0.25, 0.3) is 0 Å². The zero-order valence-corrected chi connectivity index (χ0v) is 14.4. The van der Waals surface area contributed by atoms with Gasteiger partial charge in [-0.1, -0.05) is 29.8 Å². The molecule has 0 saturated carbocycles. The number of hydrogen-bond donors (Lipinski definition) is 0. The van der Waals surface area contributed by atoms with Crippen molar-refractivity contribution in [1.82, 2.24) is 4.90 Å². The summed E-state index contributed by atoms with van der Waals surface area (Å²) in [4.78, 5) is 4.69. The molecule has 122 valence electrons. The van der Waals surface area contributed by atoms with Crippen molar-refractivity contribution in [3.63, 3.8) is 0 Å². The monoisotopic (exact) mass is 332 g/mol. The Kier molecular flexibility index (Phi) is 4.88. The highest BCUT2D eigenvalue weighted by molar-refractivity contribution is 6.31. The van der Waals surface area contributed by atoms with Crippen LogP contribution in [0.2, 0.25) is 5.02 Å². The lowest BCUT2D eigenvalue weighted by molar-refractivity contribution is 0.246. The summed E-state index contributed by atoms with van der Waals surface area (Å²) in [5, 5.41) is 0.516. The van der Waals surface area contributed by atoms with Gasteiger partial charge in [-0.15, -0.1) is 0 Å². The Labute approximate surface area is 142 Å². The summed E-state index contributed by atoms with van der Waals surface area (Å²) >= 11 is 6.13. The summed E-state index contributed by atoms with van der Waals surface area (Å²) in [7, 11) is 0. The second-order valence-electron chi connectivity index (χ2n) is 6.25. The molecule has 1 aliphatic rings. The van der Waals surface area contributed by atoms with E-state index in [4.69, 9.17) is 11.6 Å². The van der Waals surface area contributed by atoms with E-state index < -0.39 is 0 Å². The molecule has 0 amide bonds. The van der Waals surface area contributed by atoms with Gasteiger partial charge in [0, 0.05) is 49.0 Å². The Bertz CT molecular complexity index is 674. The van der Waals surface area contributed by atoms with Crippen LogP contribution in [0.25, 0.3) is 0 Å². The third-order valence-corrected chi connectivity index (χ3v) is 4.88. The SMILES string of the molecule is Cc1ccc(C)c(N2CCN(Cc3c(F)cccc3Cl)CC2)c1. The molecule has 4 heteroatoms. The van der Waals surface area contributed by atoms with E-state index in [9.17, 15) is 4.39 Å². The number of piperazine rings is 1.